The number of hydrogen-bond acceptors (Lipinski definition) is 4. The van der Waals surface area contributed by atoms with Crippen molar-refractivity contribution in [2.75, 3.05) is 12.1 Å². The summed E-state index contributed by atoms with van der Waals surface area (Å²) in [5.74, 6) is 1.29. The van der Waals surface area contributed by atoms with Crippen LogP contribution in [0.3, 0.4) is 0 Å². The molecule has 1 aliphatic rings. The van der Waals surface area contributed by atoms with Crippen molar-refractivity contribution < 1.29 is 14.3 Å². The third-order valence-electron chi connectivity index (χ3n) is 4.01. The molecule has 0 unspecified atom stereocenters. The van der Waals surface area contributed by atoms with Gasteiger partial charge in [-0.05, 0) is 30.7 Å². The Morgan fingerprint density at radius 2 is 2.08 bits per heavy atom. The maximum atomic E-state index is 12.2. The molecule has 6 nitrogen and oxygen atoms in total. The highest BCUT2D eigenvalue weighted by Crippen LogP contribution is 2.34. The van der Waals surface area contributed by atoms with E-state index < -0.39 is 0 Å². The molecule has 2 heterocycles. The van der Waals surface area contributed by atoms with Crippen LogP contribution in [-0.2, 0) is 11.3 Å². The van der Waals surface area contributed by atoms with Crippen molar-refractivity contribution in [2.24, 2.45) is 0 Å². The molecule has 1 aliphatic heterocycles. The molecule has 0 spiro atoms. The van der Waals surface area contributed by atoms with Crippen molar-refractivity contribution in [1.82, 2.24) is 9.78 Å². The fourth-order valence-electron chi connectivity index (χ4n) is 2.76. The summed E-state index contributed by atoms with van der Waals surface area (Å²) in [6, 6.07) is 11.5. The lowest BCUT2D eigenvalue weighted by Gasteiger charge is -2.07. The number of hydrogen-bond donors (Lipinski definition) is 1. The van der Waals surface area contributed by atoms with Crippen LogP contribution >= 0.6 is 0 Å². The SMILES string of the molecule is Cc1ccc2cnn(CCC(=O)Nc3ccc4c(c3)OCO4)c2c1. The number of nitrogens with zero attached hydrogens (tertiary/aromatic N) is 2. The van der Waals surface area contributed by atoms with Gasteiger partial charge in [-0.15, -0.1) is 0 Å². The van der Waals surface area contributed by atoms with Crippen LogP contribution in [0.5, 0.6) is 11.5 Å². The van der Waals surface area contributed by atoms with Crippen LogP contribution in [0.25, 0.3) is 10.9 Å². The van der Waals surface area contributed by atoms with Gasteiger partial charge >= 0.3 is 0 Å². The predicted octanol–water partition coefficient (Wildman–Crippen LogP) is 3.10. The van der Waals surface area contributed by atoms with Crippen LogP contribution in [0.15, 0.2) is 42.6 Å². The van der Waals surface area contributed by atoms with Gasteiger partial charge in [-0.3, -0.25) is 9.48 Å². The molecule has 3 aromatic rings. The fourth-order valence-corrected chi connectivity index (χ4v) is 2.76. The first-order valence-corrected chi connectivity index (χ1v) is 7.81. The van der Waals surface area contributed by atoms with Crippen molar-refractivity contribution in [2.45, 2.75) is 19.9 Å². The maximum absolute atomic E-state index is 12.2. The molecule has 0 saturated heterocycles. The minimum Gasteiger partial charge on any atom is -0.454 e. The average molecular weight is 323 g/mol. The molecule has 1 N–H and O–H groups in total. The van der Waals surface area contributed by atoms with E-state index in [0.29, 0.717) is 30.2 Å². The van der Waals surface area contributed by atoms with Gasteiger partial charge in [0, 0.05) is 23.6 Å². The molecule has 0 fully saturated rings. The Balaban J connectivity index is 1.42. The molecule has 0 bridgehead atoms. The van der Waals surface area contributed by atoms with E-state index in [9.17, 15) is 4.79 Å². The Bertz CT molecular complexity index is 917. The van der Waals surface area contributed by atoms with Crippen molar-refractivity contribution in [3.05, 3.63) is 48.2 Å². The first kappa shape index (κ1) is 14.6. The fraction of sp³-hybridized carbons (Fsp3) is 0.222. The second-order valence-electron chi connectivity index (χ2n) is 5.80. The Kier molecular flexibility index (Phi) is 3.57. The van der Waals surface area contributed by atoms with Gasteiger partial charge in [0.05, 0.1) is 18.3 Å². The molecular formula is C18H17N3O3. The van der Waals surface area contributed by atoms with Crippen molar-refractivity contribution >= 4 is 22.5 Å². The summed E-state index contributed by atoms with van der Waals surface area (Å²) in [5, 5.41) is 8.32. The monoisotopic (exact) mass is 323 g/mol. The zero-order valence-electron chi connectivity index (χ0n) is 13.3. The summed E-state index contributed by atoms with van der Waals surface area (Å²) in [5.41, 5.74) is 2.92. The number of aromatic nitrogens is 2. The summed E-state index contributed by atoms with van der Waals surface area (Å²) in [4.78, 5) is 12.2. The molecule has 0 atom stereocenters. The Hall–Kier alpha value is -3.02. The van der Waals surface area contributed by atoms with Crippen LogP contribution in [-0.4, -0.2) is 22.5 Å². The molecule has 4 rings (SSSR count). The van der Waals surface area contributed by atoms with Gasteiger partial charge < -0.3 is 14.8 Å². The minimum atomic E-state index is -0.0647. The van der Waals surface area contributed by atoms with Crippen LogP contribution in [0.2, 0.25) is 0 Å². The highest BCUT2D eigenvalue weighted by atomic mass is 16.7. The van der Waals surface area contributed by atoms with Crippen LogP contribution < -0.4 is 14.8 Å². The largest absolute Gasteiger partial charge is 0.454 e. The molecule has 24 heavy (non-hydrogen) atoms. The Morgan fingerprint density at radius 1 is 1.21 bits per heavy atom. The number of aryl methyl sites for hydroxylation is 2. The molecule has 6 heteroatoms. The summed E-state index contributed by atoms with van der Waals surface area (Å²) in [6.07, 6.45) is 2.17. The molecule has 0 saturated carbocycles. The number of amides is 1. The van der Waals surface area contributed by atoms with Gasteiger partial charge in [-0.1, -0.05) is 12.1 Å². The quantitative estimate of drug-likeness (QED) is 0.801. The molecule has 1 amide bonds. The number of fused-ring (bicyclic) bond motifs is 2. The lowest BCUT2D eigenvalue weighted by atomic mass is 10.2. The number of carbonyl (C=O) groups excluding carboxylic acids is 1. The van der Waals surface area contributed by atoms with E-state index >= 15 is 0 Å². The average Bonchev–Trinajstić information content (AvgIpc) is 3.18. The number of ether oxygens (including phenoxy) is 2. The van der Waals surface area contributed by atoms with Crippen LogP contribution in [0.4, 0.5) is 5.69 Å². The van der Waals surface area contributed by atoms with E-state index in [1.165, 1.54) is 5.56 Å². The van der Waals surface area contributed by atoms with E-state index in [1.54, 1.807) is 18.2 Å². The summed E-state index contributed by atoms with van der Waals surface area (Å²) < 4.78 is 12.4. The van der Waals surface area contributed by atoms with E-state index in [-0.39, 0.29) is 12.7 Å². The second kappa shape index (κ2) is 5.88. The zero-order valence-corrected chi connectivity index (χ0v) is 13.3. The molecule has 0 aliphatic carbocycles. The van der Waals surface area contributed by atoms with E-state index in [0.717, 1.165) is 10.9 Å². The third kappa shape index (κ3) is 2.78. The standard InChI is InChI=1S/C18H17N3O3/c1-12-2-3-13-10-19-21(15(13)8-12)7-6-18(22)20-14-4-5-16-17(9-14)24-11-23-16/h2-5,8-10H,6-7,11H2,1H3,(H,20,22). The summed E-state index contributed by atoms with van der Waals surface area (Å²) >= 11 is 0. The number of nitrogens with one attached hydrogen (secondary N) is 1. The van der Waals surface area contributed by atoms with E-state index in [1.807, 2.05) is 23.9 Å². The van der Waals surface area contributed by atoms with Gasteiger partial charge in [-0.2, -0.15) is 5.10 Å². The first-order valence-electron chi connectivity index (χ1n) is 7.81. The second-order valence-corrected chi connectivity index (χ2v) is 5.80. The Labute approximate surface area is 139 Å². The molecule has 0 radical (unpaired) electrons. The van der Waals surface area contributed by atoms with Gasteiger partial charge in [0.2, 0.25) is 12.7 Å². The van der Waals surface area contributed by atoms with Gasteiger partial charge in [0.15, 0.2) is 11.5 Å². The lowest BCUT2D eigenvalue weighted by molar-refractivity contribution is -0.116. The number of rotatable bonds is 4. The maximum Gasteiger partial charge on any atom is 0.231 e. The molecule has 2 aromatic carbocycles. The summed E-state index contributed by atoms with van der Waals surface area (Å²) in [6.45, 7) is 2.80. The van der Waals surface area contributed by atoms with Crippen molar-refractivity contribution in [1.29, 1.82) is 0 Å². The third-order valence-corrected chi connectivity index (χ3v) is 4.01. The van der Waals surface area contributed by atoms with Crippen LogP contribution in [0.1, 0.15) is 12.0 Å². The van der Waals surface area contributed by atoms with E-state index in [2.05, 4.69) is 22.5 Å². The lowest BCUT2D eigenvalue weighted by Crippen LogP contribution is -2.15. The number of anilines is 1. The highest BCUT2D eigenvalue weighted by molar-refractivity contribution is 5.91. The first-order chi connectivity index (χ1) is 11.7. The predicted molar refractivity (Wildman–Crippen MR) is 90.3 cm³/mol. The van der Waals surface area contributed by atoms with Crippen molar-refractivity contribution in [3.8, 4) is 11.5 Å². The Morgan fingerprint density at radius 3 is 3.00 bits per heavy atom. The van der Waals surface area contributed by atoms with Gasteiger partial charge in [-0.25, -0.2) is 0 Å². The molecule has 1 aromatic heterocycles. The molecule has 122 valence electrons. The normalized spacial score (nSPS) is 12.5. The smallest absolute Gasteiger partial charge is 0.231 e. The zero-order chi connectivity index (χ0) is 16.5. The van der Waals surface area contributed by atoms with E-state index in [4.69, 9.17) is 9.47 Å². The summed E-state index contributed by atoms with van der Waals surface area (Å²) in [7, 11) is 0. The number of carbonyl (C=O) groups is 1. The highest BCUT2D eigenvalue weighted by Gasteiger charge is 2.14. The number of benzene rings is 2. The minimum absolute atomic E-state index is 0.0647. The van der Waals surface area contributed by atoms with Gasteiger partial charge in [0.1, 0.15) is 0 Å². The van der Waals surface area contributed by atoms with Gasteiger partial charge in [0.25, 0.3) is 0 Å². The van der Waals surface area contributed by atoms with Crippen LogP contribution in [0, 0.1) is 6.92 Å². The topological polar surface area (TPSA) is 65.4 Å². The molecular weight excluding hydrogens is 306 g/mol. The van der Waals surface area contributed by atoms with Crippen molar-refractivity contribution in [3.63, 3.8) is 0 Å².